The van der Waals surface area contributed by atoms with Crippen LogP contribution >= 0.6 is 17.2 Å². The number of hydrogen-bond donors (Lipinski definition) is 0. The summed E-state index contributed by atoms with van der Waals surface area (Å²) in [6, 6.07) is 0. The van der Waals surface area contributed by atoms with Crippen molar-refractivity contribution in [1.29, 1.82) is 0 Å². The van der Waals surface area contributed by atoms with E-state index in [4.69, 9.17) is 0 Å². The third-order valence-corrected chi connectivity index (χ3v) is 65.1. The van der Waals surface area contributed by atoms with Gasteiger partial charge in [0.15, 0.2) is 0 Å². The summed E-state index contributed by atoms with van der Waals surface area (Å²) in [6.45, 7) is -2.51. The second-order valence-electron chi connectivity index (χ2n) is 9.82. The first-order valence-electron chi connectivity index (χ1n) is 5.80. The van der Waals surface area contributed by atoms with Gasteiger partial charge >= 0.3 is 71.1 Å². The molecule has 10 rings (SSSR count). The van der Waals surface area contributed by atoms with Gasteiger partial charge in [-0.1, -0.05) is 0 Å². The topological polar surface area (TPSA) is 0 Å². The second kappa shape index (κ2) is 0.317. The molecule has 13 heavy (non-hydrogen) atoms. The minimum atomic E-state index is -2.51. The molecule has 10 fully saturated rings. The van der Waals surface area contributed by atoms with Gasteiger partial charge in [-0.2, -0.15) is 0 Å². The molecule has 10 heterocycles. The van der Waals surface area contributed by atoms with Gasteiger partial charge in [0.1, 0.15) is 0 Å². The Morgan fingerprint density at radius 2 is 1.31 bits per heavy atom. The van der Waals surface area contributed by atoms with E-state index in [-0.39, 0.29) is 0 Å². The predicted molar refractivity (Wildman–Crippen MR) is 54.5 cm³/mol. The second-order valence-corrected chi connectivity index (χ2v) is 35.8. The molecule has 0 amide bonds. The van der Waals surface area contributed by atoms with Crippen LogP contribution in [0.3, 0.4) is 0 Å². The molecule has 6 unspecified atom stereocenters. The third kappa shape index (κ3) is 0.0367. The van der Waals surface area contributed by atoms with Gasteiger partial charge in [0.2, 0.25) is 0 Å². The van der Waals surface area contributed by atoms with Crippen LogP contribution in [0.4, 0.5) is 0 Å². The van der Waals surface area contributed by atoms with Gasteiger partial charge in [-0.15, -0.1) is 0 Å². The van der Waals surface area contributed by atoms with Crippen molar-refractivity contribution in [3.8, 4) is 0 Å². The zero-order valence-electron chi connectivity index (χ0n) is 7.13. The Morgan fingerprint density at radius 3 is 1.38 bits per heavy atom. The van der Waals surface area contributed by atoms with Gasteiger partial charge in [-0.25, -0.2) is 0 Å². The van der Waals surface area contributed by atoms with Crippen molar-refractivity contribution in [2.45, 2.75) is 47.4 Å². The average Bonchev–Trinajstić information content (AvgIpc) is 3.12. The molecule has 0 aromatic heterocycles. The summed E-state index contributed by atoms with van der Waals surface area (Å²) in [4.78, 5) is 14.0. The van der Waals surface area contributed by atoms with Crippen molar-refractivity contribution in [2.24, 2.45) is 0 Å². The molecular weight excluding hydrogens is 238 g/mol. The summed E-state index contributed by atoms with van der Waals surface area (Å²) in [5, 5.41) is 0. The van der Waals surface area contributed by atoms with Gasteiger partial charge < -0.3 is 0 Å². The van der Waals surface area contributed by atoms with Gasteiger partial charge in [0.05, 0.1) is 0 Å². The van der Waals surface area contributed by atoms with Crippen LogP contribution in [0.1, 0.15) is 0 Å². The molecule has 0 aliphatic carbocycles. The molecular formula is C10H12FeP2. The van der Waals surface area contributed by atoms with E-state index in [0.29, 0.717) is 0 Å². The van der Waals surface area contributed by atoms with E-state index in [9.17, 15) is 0 Å². The first kappa shape index (κ1) is 4.71. The van der Waals surface area contributed by atoms with E-state index in [1.807, 2.05) is 0 Å². The maximum atomic E-state index is 3.22. The van der Waals surface area contributed by atoms with E-state index < -0.39 is 6.51 Å². The van der Waals surface area contributed by atoms with Gasteiger partial charge in [-0.05, 0) is 0 Å². The Labute approximate surface area is 71.1 Å². The fraction of sp³-hybridized carbons (Fsp3) is 1.00. The number of fused-ring (bicyclic) bond motifs is 10. The molecule has 70 valence electrons. The molecule has 10 aliphatic heterocycles. The molecule has 0 aromatic carbocycles. The molecule has 0 nitrogen and oxygen atoms in total. The van der Waals surface area contributed by atoms with Crippen molar-refractivity contribution in [3.05, 3.63) is 0 Å². The molecule has 0 saturated carbocycles. The first-order valence-corrected chi connectivity index (χ1v) is 14.9. The molecule has 3 heteroatoms. The van der Waals surface area contributed by atoms with Crippen molar-refractivity contribution in [2.75, 3.05) is 0 Å². The van der Waals surface area contributed by atoms with Crippen LogP contribution in [-0.2, 0) is 6.51 Å². The van der Waals surface area contributed by atoms with Crippen LogP contribution in [-0.4, -0.2) is 4.05 Å². The SMILES string of the molecule is PP[C]12[CH]3[CH]4[CH]5[CH]1[Fe]45321678[CH]2[CH]1[CH]6[CH]7[CH]28. The average molecular weight is 250 g/mol. The number of rotatable bonds is 1. The van der Waals surface area contributed by atoms with Gasteiger partial charge in [0.25, 0.3) is 0 Å². The van der Waals surface area contributed by atoms with Gasteiger partial charge in [0, 0.05) is 0 Å². The number of hydrogen-bond acceptors (Lipinski definition) is 0. The van der Waals surface area contributed by atoms with Gasteiger partial charge in [-0.3, -0.25) is 0 Å². The summed E-state index contributed by atoms with van der Waals surface area (Å²) < 4.78 is 1.23. The molecule has 1 spiro atoms. The standard InChI is InChI=1S/C5H7P2.C5H5.Fe/c6-7-5-3-1-2-4-5;1-2-4-5-3-1;/h1-4,7H,6H2;1-5H;. The molecule has 0 aromatic rings. The van der Waals surface area contributed by atoms with E-state index >= 15 is 0 Å². The van der Waals surface area contributed by atoms with Crippen LogP contribution in [0.5, 0.6) is 0 Å². The fourth-order valence-electron chi connectivity index (χ4n) is 16.6. The van der Waals surface area contributed by atoms with Crippen LogP contribution in [0.15, 0.2) is 0 Å². The predicted octanol–water partition coefficient (Wildman–Crippen LogP) is 3.75. The third-order valence-electron chi connectivity index (χ3n) is 14.9. The summed E-state index contributed by atoms with van der Waals surface area (Å²) in [6.07, 6.45) is 0. The van der Waals surface area contributed by atoms with Crippen LogP contribution in [0.2, 0.25) is 43.3 Å². The molecule has 0 N–H and O–H groups in total. The van der Waals surface area contributed by atoms with E-state index in [1.54, 1.807) is 43.3 Å². The van der Waals surface area contributed by atoms with Crippen molar-refractivity contribution in [1.82, 2.24) is 0 Å². The molecule has 10 aliphatic rings. The normalized spacial score (nSPS) is 153. The summed E-state index contributed by atoms with van der Waals surface area (Å²) in [5.41, 5.74) is 0. The van der Waals surface area contributed by atoms with Crippen LogP contribution in [0, 0.1) is 0 Å². The summed E-state index contributed by atoms with van der Waals surface area (Å²) in [7, 11) is 4.57. The molecule has 0 bridgehead atoms. The Bertz CT molecular complexity index is 773. The Kier molecular flexibility index (Phi) is 0.115. The monoisotopic (exact) mass is 250 g/mol. The fourth-order valence-corrected chi connectivity index (χ4v) is 110. The Hall–Kier alpha value is 1.38. The quantitative estimate of drug-likeness (QED) is 0.491. The summed E-state index contributed by atoms with van der Waals surface area (Å²) in [5.74, 6) is 0. The van der Waals surface area contributed by atoms with Crippen LogP contribution in [0.25, 0.3) is 0 Å². The van der Waals surface area contributed by atoms with E-state index in [2.05, 4.69) is 8.93 Å². The Morgan fingerprint density at radius 1 is 0.846 bits per heavy atom. The zero-order valence-corrected chi connectivity index (χ0v) is 10.4. The Balaban J connectivity index is 2.08. The van der Waals surface area contributed by atoms with E-state index in [0.717, 1.165) is 0 Å². The maximum absolute atomic E-state index is 3.22. The first-order chi connectivity index (χ1) is 6.11. The van der Waals surface area contributed by atoms with Crippen molar-refractivity contribution in [3.63, 3.8) is 0 Å². The molecule has 6 atom stereocenters. The van der Waals surface area contributed by atoms with Crippen molar-refractivity contribution < 1.29 is 6.51 Å². The zero-order chi connectivity index (χ0) is 7.72. The molecule has 10 saturated heterocycles. The van der Waals surface area contributed by atoms with Crippen molar-refractivity contribution >= 4 is 17.2 Å². The molecule has 0 radical (unpaired) electrons. The minimum absolute atomic E-state index is 1.23. The van der Waals surface area contributed by atoms with E-state index in [1.165, 1.54) is 12.3 Å². The van der Waals surface area contributed by atoms with Crippen LogP contribution < -0.4 is 0 Å². The summed E-state index contributed by atoms with van der Waals surface area (Å²) >= 11 is 0.